The van der Waals surface area contributed by atoms with Crippen LogP contribution in [0.25, 0.3) is 0 Å². The molecule has 140 valence electrons. The number of aryl methyl sites for hydroxylation is 1. The average molecular weight is 367 g/mol. The number of benzene rings is 1. The first-order valence-corrected chi connectivity index (χ1v) is 9.25. The van der Waals surface area contributed by atoms with Gasteiger partial charge in [0, 0.05) is 18.5 Å². The summed E-state index contributed by atoms with van der Waals surface area (Å²) in [5.41, 5.74) is 8.69. The SMILES string of the molecule is COc1ccc(C)cc1CCNC(=O)C1CC2CCCC(C1)C2N.Cl. The molecule has 25 heavy (non-hydrogen) atoms. The van der Waals surface area contributed by atoms with E-state index in [4.69, 9.17) is 10.5 Å². The number of hydrogen-bond donors (Lipinski definition) is 2. The van der Waals surface area contributed by atoms with Crippen molar-refractivity contribution in [2.45, 2.75) is 51.5 Å². The molecule has 0 aromatic heterocycles. The minimum Gasteiger partial charge on any atom is -0.496 e. The third-order valence-corrected chi connectivity index (χ3v) is 5.91. The fourth-order valence-corrected chi connectivity index (χ4v) is 4.57. The zero-order valence-corrected chi connectivity index (χ0v) is 16.1. The number of nitrogens with one attached hydrogen (secondary N) is 1. The summed E-state index contributed by atoms with van der Waals surface area (Å²) < 4.78 is 5.41. The van der Waals surface area contributed by atoms with Gasteiger partial charge in [-0.1, -0.05) is 24.1 Å². The maximum atomic E-state index is 12.6. The molecule has 0 saturated heterocycles. The second-order valence-corrected chi connectivity index (χ2v) is 7.55. The van der Waals surface area contributed by atoms with Gasteiger partial charge in [0.25, 0.3) is 0 Å². The Balaban J connectivity index is 0.00000225. The van der Waals surface area contributed by atoms with Crippen LogP contribution in [0.3, 0.4) is 0 Å². The van der Waals surface area contributed by atoms with Crippen molar-refractivity contribution < 1.29 is 9.53 Å². The lowest BCUT2D eigenvalue weighted by atomic mass is 9.65. The summed E-state index contributed by atoms with van der Waals surface area (Å²) in [6, 6.07) is 6.50. The van der Waals surface area contributed by atoms with Gasteiger partial charge >= 0.3 is 0 Å². The van der Waals surface area contributed by atoms with Crippen LogP contribution in [0.5, 0.6) is 5.75 Å². The van der Waals surface area contributed by atoms with Crippen molar-refractivity contribution in [3.63, 3.8) is 0 Å². The van der Waals surface area contributed by atoms with Gasteiger partial charge in [-0.3, -0.25) is 4.79 Å². The Hall–Kier alpha value is -1.26. The molecule has 1 amide bonds. The third kappa shape index (κ3) is 4.68. The van der Waals surface area contributed by atoms with Crippen LogP contribution in [0.2, 0.25) is 0 Å². The summed E-state index contributed by atoms with van der Waals surface area (Å²) in [5.74, 6) is 2.35. The molecule has 0 heterocycles. The van der Waals surface area contributed by atoms with Crippen molar-refractivity contribution in [1.29, 1.82) is 0 Å². The van der Waals surface area contributed by atoms with Crippen LogP contribution in [0.15, 0.2) is 18.2 Å². The summed E-state index contributed by atoms with van der Waals surface area (Å²) in [5, 5.41) is 3.14. The molecular weight excluding hydrogens is 336 g/mol. The Labute approximate surface area is 157 Å². The molecule has 2 aliphatic rings. The molecule has 1 aromatic rings. The highest BCUT2D eigenvalue weighted by atomic mass is 35.5. The summed E-state index contributed by atoms with van der Waals surface area (Å²) in [4.78, 5) is 12.6. The average Bonchev–Trinajstić information content (AvgIpc) is 2.54. The molecular formula is C20H31ClN2O2. The van der Waals surface area contributed by atoms with E-state index in [-0.39, 0.29) is 24.2 Å². The van der Waals surface area contributed by atoms with Crippen molar-refractivity contribution in [3.8, 4) is 5.75 Å². The Morgan fingerprint density at radius 1 is 1.28 bits per heavy atom. The van der Waals surface area contributed by atoms with Gasteiger partial charge in [0.05, 0.1) is 7.11 Å². The van der Waals surface area contributed by atoms with Crippen LogP contribution in [-0.4, -0.2) is 25.6 Å². The van der Waals surface area contributed by atoms with Gasteiger partial charge in [-0.05, 0) is 62.5 Å². The Morgan fingerprint density at radius 3 is 2.60 bits per heavy atom. The molecule has 2 bridgehead atoms. The van der Waals surface area contributed by atoms with Crippen LogP contribution >= 0.6 is 12.4 Å². The smallest absolute Gasteiger partial charge is 0.223 e. The number of hydrogen-bond acceptors (Lipinski definition) is 3. The number of nitrogens with two attached hydrogens (primary N) is 1. The molecule has 0 aliphatic heterocycles. The molecule has 3 N–H and O–H groups in total. The monoisotopic (exact) mass is 366 g/mol. The number of ether oxygens (including phenoxy) is 1. The van der Waals surface area contributed by atoms with Crippen molar-refractivity contribution >= 4 is 18.3 Å². The maximum Gasteiger partial charge on any atom is 0.223 e. The van der Waals surface area contributed by atoms with E-state index in [0.717, 1.165) is 30.6 Å². The first-order valence-electron chi connectivity index (χ1n) is 9.25. The van der Waals surface area contributed by atoms with Crippen LogP contribution in [0.1, 0.15) is 43.2 Å². The highest BCUT2D eigenvalue weighted by Crippen LogP contribution is 2.41. The normalized spacial score (nSPS) is 28.0. The number of rotatable bonds is 5. The van der Waals surface area contributed by atoms with Crippen LogP contribution < -0.4 is 15.8 Å². The largest absolute Gasteiger partial charge is 0.496 e. The molecule has 3 rings (SSSR count). The summed E-state index contributed by atoms with van der Waals surface area (Å²) in [6.07, 6.45) is 6.42. The first kappa shape index (κ1) is 20.1. The van der Waals surface area contributed by atoms with E-state index in [2.05, 4.69) is 18.3 Å². The van der Waals surface area contributed by atoms with Gasteiger partial charge < -0.3 is 15.8 Å². The zero-order valence-electron chi connectivity index (χ0n) is 15.3. The van der Waals surface area contributed by atoms with E-state index in [1.165, 1.54) is 24.8 Å². The van der Waals surface area contributed by atoms with Gasteiger partial charge in [-0.15, -0.1) is 12.4 Å². The van der Waals surface area contributed by atoms with E-state index in [1.54, 1.807) is 7.11 Å². The van der Waals surface area contributed by atoms with Crippen LogP contribution in [0, 0.1) is 24.7 Å². The van der Waals surface area contributed by atoms with Crippen LogP contribution in [0.4, 0.5) is 0 Å². The summed E-state index contributed by atoms with van der Waals surface area (Å²) >= 11 is 0. The molecule has 4 nitrogen and oxygen atoms in total. The Kier molecular flexibility index (Phi) is 7.14. The Bertz CT molecular complexity index is 579. The van der Waals surface area contributed by atoms with Gasteiger partial charge in [-0.2, -0.15) is 0 Å². The second-order valence-electron chi connectivity index (χ2n) is 7.55. The number of halogens is 1. The van der Waals surface area contributed by atoms with Gasteiger partial charge in [0.2, 0.25) is 5.91 Å². The number of amides is 1. The predicted octanol–water partition coefficient (Wildman–Crippen LogP) is 3.24. The van der Waals surface area contributed by atoms with E-state index >= 15 is 0 Å². The minimum atomic E-state index is 0. The minimum absolute atomic E-state index is 0. The fourth-order valence-electron chi connectivity index (χ4n) is 4.57. The molecule has 0 spiro atoms. The van der Waals surface area contributed by atoms with Gasteiger partial charge in [-0.25, -0.2) is 0 Å². The topological polar surface area (TPSA) is 64.3 Å². The first-order chi connectivity index (χ1) is 11.6. The molecule has 2 aliphatic carbocycles. The molecule has 2 unspecified atom stereocenters. The van der Waals surface area contributed by atoms with E-state index in [9.17, 15) is 4.79 Å². The van der Waals surface area contributed by atoms with Crippen molar-refractivity contribution in [2.75, 3.05) is 13.7 Å². The van der Waals surface area contributed by atoms with Crippen LogP contribution in [-0.2, 0) is 11.2 Å². The van der Waals surface area contributed by atoms with Gasteiger partial charge in [0.1, 0.15) is 5.75 Å². The quantitative estimate of drug-likeness (QED) is 0.840. The fraction of sp³-hybridized carbons (Fsp3) is 0.650. The molecule has 0 radical (unpaired) electrons. The summed E-state index contributed by atoms with van der Waals surface area (Å²) in [7, 11) is 1.69. The van der Waals surface area contributed by atoms with E-state index in [1.807, 2.05) is 12.1 Å². The lowest BCUT2D eigenvalue weighted by molar-refractivity contribution is -0.127. The van der Waals surface area contributed by atoms with Crippen molar-refractivity contribution in [3.05, 3.63) is 29.3 Å². The number of carbonyl (C=O) groups excluding carboxylic acids is 1. The molecule has 1 aromatic carbocycles. The third-order valence-electron chi connectivity index (χ3n) is 5.91. The molecule has 2 atom stereocenters. The highest BCUT2D eigenvalue weighted by Gasteiger charge is 2.40. The van der Waals surface area contributed by atoms with Crippen molar-refractivity contribution in [2.24, 2.45) is 23.5 Å². The highest BCUT2D eigenvalue weighted by molar-refractivity contribution is 5.85. The maximum absolute atomic E-state index is 12.6. The number of carbonyl (C=O) groups is 1. The molecule has 2 fully saturated rings. The standard InChI is InChI=1S/C20H30N2O2.ClH/c1-13-6-7-18(24-2)14(10-13)8-9-22-20(23)17-11-15-4-3-5-16(12-17)19(15)21;/h6-7,10,15-17,19H,3-5,8-9,11-12,21H2,1-2H3,(H,22,23);1H. The summed E-state index contributed by atoms with van der Waals surface area (Å²) in [6.45, 7) is 2.74. The van der Waals surface area contributed by atoms with Gasteiger partial charge in [0.15, 0.2) is 0 Å². The molecule has 5 heteroatoms. The van der Waals surface area contributed by atoms with E-state index < -0.39 is 0 Å². The zero-order chi connectivity index (χ0) is 17.1. The van der Waals surface area contributed by atoms with Crippen molar-refractivity contribution in [1.82, 2.24) is 5.32 Å². The Morgan fingerprint density at radius 2 is 1.96 bits per heavy atom. The number of methoxy groups -OCH3 is 1. The lowest BCUT2D eigenvalue weighted by Crippen LogP contribution is -2.49. The molecule has 2 saturated carbocycles. The predicted molar refractivity (Wildman–Crippen MR) is 103 cm³/mol. The van der Waals surface area contributed by atoms with E-state index in [0.29, 0.717) is 24.4 Å². The number of fused-ring (bicyclic) bond motifs is 2. The lowest BCUT2D eigenvalue weighted by Gasteiger charge is -2.43. The second kappa shape index (κ2) is 8.91.